The lowest BCUT2D eigenvalue weighted by molar-refractivity contribution is -0.116. The van der Waals surface area contributed by atoms with E-state index >= 15 is 0 Å². The Bertz CT molecular complexity index is 501. The predicted molar refractivity (Wildman–Crippen MR) is 48.4 cm³/mol. The summed E-state index contributed by atoms with van der Waals surface area (Å²) in [4.78, 5) is 15.4. The van der Waals surface area contributed by atoms with Gasteiger partial charge in [0, 0.05) is 0 Å². The molecule has 1 aromatic heterocycles. The van der Waals surface area contributed by atoms with E-state index in [1.165, 1.54) is 0 Å². The van der Waals surface area contributed by atoms with Crippen LogP contribution < -0.4 is 5.32 Å². The summed E-state index contributed by atoms with van der Waals surface area (Å²) in [5.41, 5.74) is 2.80. The Balaban J connectivity index is 2.44. The van der Waals surface area contributed by atoms with Gasteiger partial charge in [0.2, 0.25) is 5.91 Å². The second-order valence-electron chi connectivity index (χ2n) is 3.09. The van der Waals surface area contributed by atoms with Crippen LogP contribution in [0.25, 0.3) is 11.0 Å². The third kappa shape index (κ3) is 0.796. The van der Waals surface area contributed by atoms with Gasteiger partial charge in [-0.2, -0.15) is 0 Å². The molecular weight excluding hydrogens is 166 g/mol. The molecule has 4 heteroatoms. The fourth-order valence-corrected chi connectivity index (χ4v) is 1.69. The Labute approximate surface area is 74.2 Å². The molecule has 3 rings (SSSR count). The monoisotopic (exact) mass is 173 g/mol. The summed E-state index contributed by atoms with van der Waals surface area (Å²) in [6, 6.07) is 5.71. The number of hydrogen-bond donors (Lipinski definition) is 1. The Morgan fingerprint density at radius 1 is 1.46 bits per heavy atom. The van der Waals surface area contributed by atoms with E-state index in [1.54, 1.807) is 6.33 Å². The van der Waals surface area contributed by atoms with E-state index in [0.29, 0.717) is 6.54 Å². The molecule has 13 heavy (non-hydrogen) atoms. The Kier molecular flexibility index (Phi) is 1.07. The summed E-state index contributed by atoms with van der Waals surface area (Å²) in [6.07, 6.45) is 1.70. The lowest BCUT2D eigenvalue weighted by Crippen LogP contribution is -2.22. The zero-order valence-corrected chi connectivity index (χ0v) is 6.82. The molecule has 0 aliphatic carbocycles. The number of amides is 1. The maximum Gasteiger partial charge on any atom is 0.244 e. The number of carbonyl (C=O) groups is 1. The van der Waals surface area contributed by atoms with E-state index < -0.39 is 0 Å². The standard InChI is InChI=1S/C9H7N3O/c13-8-4-12-5-10-6-2-1-3-7(11-8)9(6)12/h1-3,5H,4H2,(H,11,13). The van der Waals surface area contributed by atoms with Crippen molar-refractivity contribution in [1.29, 1.82) is 0 Å². The minimum absolute atomic E-state index is 0.0120. The lowest BCUT2D eigenvalue weighted by Gasteiger charge is -2.14. The second-order valence-corrected chi connectivity index (χ2v) is 3.09. The molecule has 0 saturated carbocycles. The van der Waals surface area contributed by atoms with Gasteiger partial charge in [-0.3, -0.25) is 4.79 Å². The van der Waals surface area contributed by atoms with Crippen molar-refractivity contribution >= 4 is 22.6 Å². The van der Waals surface area contributed by atoms with E-state index in [9.17, 15) is 4.79 Å². The summed E-state index contributed by atoms with van der Waals surface area (Å²) < 4.78 is 1.86. The topological polar surface area (TPSA) is 46.9 Å². The van der Waals surface area contributed by atoms with Gasteiger partial charge in [0.25, 0.3) is 0 Å². The van der Waals surface area contributed by atoms with E-state index in [2.05, 4.69) is 10.3 Å². The molecule has 1 amide bonds. The number of carbonyl (C=O) groups excluding carboxylic acids is 1. The number of nitrogens with zero attached hydrogens (tertiary/aromatic N) is 2. The molecule has 4 nitrogen and oxygen atoms in total. The molecule has 0 spiro atoms. The van der Waals surface area contributed by atoms with Crippen LogP contribution >= 0.6 is 0 Å². The highest BCUT2D eigenvalue weighted by molar-refractivity contribution is 6.03. The highest BCUT2D eigenvalue weighted by atomic mass is 16.2. The normalized spacial score (nSPS) is 14.6. The Hall–Kier alpha value is -1.84. The molecule has 64 valence electrons. The Morgan fingerprint density at radius 3 is 3.31 bits per heavy atom. The van der Waals surface area contributed by atoms with Crippen molar-refractivity contribution in [2.24, 2.45) is 0 Å². The van der Waals surface area contributed by atoms with E-state index in [4.69, 9.17) is 0 Å². The first kappa shape index (κ1) is 6.65. The third-order valence-corrected chi connectivity index (χ3v) is 2.23. The lowest BCUT2D eigenvalue weighted by atomic mass is 10.2. The van der Waals surface area contributed by atoms with Gasteiger partial charge in [-0.25, -0.2) is 4.98 Å². The molecule has 0 unspecified atom stereocenters. The van der Waals surface area contributed by atoms with Crippen molar-refractivity contribution in [1.82, 2.24) is 9.55 Å². The maximum absolute atomic E-state index is 11.2. The van der Waals surface area contributed by atoms with E-state index in [0.717, 1.165) is 16.7 Å². The van der Waals surface area contributed by atoms with Gasteiger partial charge in [0.1, 0.15) is 6.54 Å². The molecule has 1 aromatic carbocycles. The molecular formula is C9H7N3O. The zero-order valence-electron chi connectivity index (χ0n) is 6.82. The molecule has 1 N–H and O–H groups in total. The van der Waals surface area contributed by atoms with Crippen molar-refractivity contribution < 1.29 is 4.79 Å². The molecule has 2 heterocycles. The van der Waals surface area contributed by atoms with Crippen LogP contribution in [0.2, 0.25) is 0 Å². The number of anilines is 1. The van der Waals surface area contributed by atoms with Crippen LogP contribution in [-0.4, -0.2) is 15.5 Å². The highest BCUT2D eigenvalue weighted by Gasteiger charge is 2.16. The average Bonchev–Trinajstić information content (AvgIpc) is 2.50. The van der Waals surface area contributed by atoms with E-state index in [1.807, 2.05) is 22.8 Å². The summed E-state index contributed by atoms with van der Waals surface area (Å²) in [7, 11) is 0. The first-order valence-corrected chi connectivity index (χ1v) is 4.08. The summed E-state index contributed by atoms with van der Waals surface area (Å²) in [5.74, 6) is 0.0120. The molecule has 1 aliphatic heterocycles. The first-order valence-electron chi connectivity index (χ1n) is 4.08. The Morgan fingerprint density at radius 2 is 2.38 bits per heavy atom. The largest absolute Gasteiger partial charge is 0.323 e. The van der Waals surface area contributed by atoms with Crippen LogP contribution in [0.15, 0.2) is 24.5 Å². The number of nitrogens with one attached hydrogen (secondary N) is 1. The molecule has 2 aromatic rings. The van der Waals surface area contributed by atoms with Gasteiger partial charge in [-0.05, 0) is 12.1 Å². The fraction of sp³-hybridized carbons (Fsp3) is 0.111. The number of aromatic nitrogens is 2. The van der Waals surface area contributed by atoms with Gasteiger partial charge in [-0.15, -0.1) is 0 Å². The number of rotatable bonds is 0. The number of para-hydroxylation sites is 1. The van der Waals surface area contributed by atoms with Gasteiger partial charge in [0.15, 0.2) is 0 Å². The van der Waals surface area contributed by atoms with Crippen LogP contribution in [-0.2, 0) is 11.3 Å². The van der Waals surface area contributed by atoms with Crippen molar-refractivity contribution in [2.45, 2.75) is 6.54 Å². The van der Waals surface area contributed by atoms with Crippen LogP contribution in [0.1, 0.15) is 0 Å². The molecule has 0 saturated heterocycles. The van der Waals surface area contributed by atoms with Crippen LogP contribution in [0, 0.1) is 0 Å². The molecule has 0 atom stereocenters. The molecule has 0 bridgehead atoms. The summed E-state index contributed by atoms with van der Waals surface area (Å²) >= 11 is 0. The summed E-state index contributed by atoms with van der Waals surface area (Å²) in [6.45, 7) is 0.369. The van der Waals surface area contributed by atoms with Crippen LogP contribution in [0.3, 0.4) is 0 Å². The van der Waals surface area contributed by atoms with Crippen molar-refractivity contribution in [3.05, 3.63) is 24.5 Å². The maximum atomic E-state index is 11.2. The highest BCUT2D eigenvalue weighted by Crippen LogP contribution is 2.25. The number of hydrogen-bond acceptors (Lipinski definition) is 2. The zero-order chi connectivity index (χ0) is 8.84. The average molecular weight is 173 g/mol. The predicted octanol–water partition coefficient (Wildman–Crippen LogP) is 0.988. The number of benzene rings is 1. The van der Waals surface area contributed by atoms with E-state index in [-0.39, 0.29) is 5.91 Å². The van der Waals surface area contributed by atoms with Crippen molar-refractivity contribution in [3.63, 3.8) is 0 Å². The van der Waals surface area contributed by atoms with Gasteiger partial charge in [0.05, 0.1) is 23.0 Å². The first-order chi connectivity index (χ1) is 6.34. The SMILES string of the molecule is O=C1Cn2cnc3cccc(c32)N1. The van der Waals surface area contributed by atoms with Gasteiger partial charge in [-0.1, -0.05) is 6.07 Å². The van der Waals surface area contributed by atoms with Gasteiger partial charge >= 0.3 is 0 Å². The fourth-order valence-electron chi connectivity index (χ4n) is 1.69. The van der Waals surface area contributed by atoms with Crippen LogP contribution in [0.4, 0.5) is 5.69 Å². The van der Waals surface area contributed by atoms with Gasteiger partial charge < -0.3 is 9.88 Å². The molecule has 1 aliphatic rings. The molecule has 0 radical (unpaired) electrons. The quantitative estimate of drug-likeness (QED) is 0.645. The minimum Gasteiger partial charge on any atom is -0.323 e. The minimum atomic E-state index is 0.0120. The smallest absolute Gasteiger partial charge is 0.244 e. The molecule has 0 fully saturated rings. The van der Waals surface area contributed by atoms with Crippen molar-refractivity contribution in [3.8, 4) is 0 Å². The summed E-state index contributed by atoms with van der Waals surface area (Å²) in [5, 5.41) is 2.81. The second kappa shape index (κ2) is 2.10. The number of imidazole rings is 1. The van der Waals surface area contributed by atoms with Crippen molar-refractivity contribution in [2.75, 3.05) is 5.32 Å². The van der Waals surface area contributed by atoms with Crippen LogP contribution in [0.5, 0.6) is 0 Å². The third-order valence-electron chi connectivity index (χ3n) is 2.23.